The molecule has 136 valence electrons. The predicted molar refractivity (Wildman–Crippen MR) is 102 cm³/mol. The Morgan fingerprint density at radius 3 is 2.74 bits per heavy atom. The Kier molecular flexibility index (Phi) is 4.65. The minimum atomic E-state index is -0.175. The Morgan fingerprint density at radius 2 is 1.93 bits per heavy atom. The summed E-state index contributed by atoms with van der Waals surface area (Å²) in [6.45, 7) is 3.97. The van der Waals surface area contributed by atoms with E-state index in [9.17, 15) is 4.79 Å². The van der Waals surface area contributed by atoms with Gasteiger partial charge in [0, 0.05) is 18.9 Å². The lowest BCUT2D eigenvalue weighted by atomic mass is 10.2. The molecule has 0 saturated heterocycles. The van der Waals surface area contributed by atoms with Gasteiger partial charge in [-0.25, -0.2) is 15.0 Å². The molecule has 1 aromatic carbocycles. The highest BCUT2D eigenvalue weighted by Gasteiger charge is 2.11. The molecule has 0 aliphatic carbocycles. The third kappa shape index (κ3) is 3.57. The van der Waals surface area contributed by atoms with Gasteiger partial charge in [-0.15, -0.1) is 0 Å². The highest BCUT2D eigenvalue weighted by atomic mass is 16.1. The molecule has 0 aliphatic rings. The Balaban J connectivity index is 1.49. The van der Waals surface area contributed by atoms with E-state index in [1.54, 1.807) is 31.1 Å². The van der Waals surface area contributed by atoms with E-state index < -0.39 is 0 Å². The molecule has 0 unspecified atom stereocenters. The molecule has 7 nitrogen and oxygen atoms in total. The molecule has 4 aromatic rings. The number of nitrogens with zero attached hydrogens (tertiary/aromatic N) is 5. The van der Waals surface area contributed by atoms with E-state index in [0.717, 1.165) is 17.9 Å². The number of carbonyl (C=O) groups excluding carboxylic acids is 1. The van der Waals surface area contributed by atoms with Crippen molar-refractivity contribution in [1.82, 2.24) is 29.4 Å². The van der Waals surface area contributed by atoms with Crippen LogP contribution >= 0.6 is 0 Å². The zero-order valence-corrected chi connectivity index (χ0v) is 15.0. The van der Waals surface area contributed by atoms with Crippen LogP contribution in [0.3, 0.4) is 0 Å². The maximum Gasteiger partial charge on any atom is 0.253 e. The van der Waals surface area contributed by atoms with Crippen LogP contribution in [0, 0.1) is 0 Å². The van der Waals surface area contributed by atoms with Gasteiger partial charge in [0.25, 0.3) is 5.91 Å². The summed E-state index contributed by atoms with van der Waals surface area (Å²) in [5, 5.41) is 2.91. The highest BCUT2D eigenvalue weighted by Crippen LogP contribution is 2.14. The molecule has 0 radical (unpaired) electrons. The van der Waals surface area contributed by atoms with Gasteiger partial charge in [0.2, 0.25) is 0 Å². The van der Waals surface area contributed by atoms with Crippen molar-refractivity contribution in [2.45, 2.75) is 26.6 Å². The summed E-state index contributed by atoms with van der Waals surface area (Å²) in [4.78, 5) is 25.4. The van der Waals surface area contributed by atoms with Crippen LogP contribution in [0.1, 0.15) is 28.5 Å². The molecule has 0 bridgehead atoms. The van der Waals surface area contributed by atoms with Crippen molar-refractivity contribution in [2.24, 2.45) is 0 Å². The van der Waals surface area contributed by atoms with Gasteiger partial charge in [-0.3, -0.25) is 4.79 Å². The summed E-state index contributed by atoms with van der Waals surface area (Å²) in [5.74, 6) is -0.175. The van der Waals surface area contributed by atoms with Crippen LogP contribution in [-0.4, -0.2) is 30.0 Å². The van der Waals surface area contributed by atoms with Crippen LogP contribution in [0.4, 0.5) is 0 Å². The SMILES string of the molecule is CCn1cncc1CNC(=O)c1cnc2c(c1)ncn2Cc1ccccc1. The van der Waals surface area contributed by atoms with Crippen molar-refractivity contribution in [3.63, 3.8) is 0 Å². The number of amides is 1. The van der Waals surface area contributed by atoms with Crippen LogP contribution in [-0.2, 0) is 19.6 Å². The van der Waals surface area contributed by atoms with Gasteiger partial charge in [-0.05, 0) is 18.6 Å². The summed E-state index contributed by atoms with van der Waals surface area (Å²) in [6.07, 6.45) is 6.87. The summed E-state index contributed by atoms with van der Waals surface area (Å²) in [6, 6.07) is 11.9. The van der Waals surface area contributed by atoms with E-state index in [0.29, 0.717) is 24.2 Å². The van der Waals surface area contributed by atoms with Crippen molar-refractivity contribution in [2.75, 3.05) is 0 Å². The molecule has 3 heterocycles. The number of fused-ring (bicyclic) bond motifs is 1. The Labute approximate surface area is 156 Å². The molecule has 0 aliphatic heterocycles. The number of benzene rings is 1. The smallest absolute Gasteiger partial charge is 0.253 e. The number of pyridine rings is 1. The second kappa shape index (κ2) is 7.41. The van der Waals surface area contributed by atoms with Crippen molar-refractivity contribution >= 4 is 17.1 Å². The normalized spacial score (nSPS) is 11.0. The van der Waals surface area contributed by atoms with Crippen LogP contribution in [0.25, 0.3) is 11.2 Å². The lowest BCUT2D eigenvalue weighted by molar-refractivity contribution is 0.0950. The number of carbonyl (C=O) groups is 1. The number of hydrogen-bond acceptors (Lipinski definition) is 4. The molecule has 4 rings (SSSR count). The first-order chi connectivity index (χ1) is 13.2. The number of rotatable bonds is 6. The average Bonchev–Trinajstić information content (AvgIpc) is 3.33. The molecule has 0 saturated carbocycles. The van der Waals surface area contributed by atoms with Crippen LogP contribution in [0.5, 0.6) is 0 Å². The lowest BCUT2D eigenvalue weighted by Gasteiger charge is -2.07. The van der Waals surface area contributed by atoms with Gasteiger partial charge >= 0.3 is 0 Å². The van der Waals surface area contributed by atoms with Gasteiger partial charge in [-0.1, -0.05) is 30.3 Å². The summed E-state index contributed by atoms with van der Waals surface area (Å²) >= 11 is 0. The fourth-order valence-electron chi connectivity index (χ4n) is 3.02. The van der Waals surface area contributed by atoms with E-state index in [2.05, 4.69) is 32.4 Å². The predicted octanol–water partition coefficient (Wildman–Crippen LogP) is 2.63. The maximum atomic E-state index is 12.5. The average molecular weight is 360 g/mol. The van der Waals surface area contributed by atoms with Crippen LogP contribution in [0.15, 0.2) is 61.4 Å². The van der Waals surface area contributed by atoms with Gasteiger partial charge in [0.15, 0.2) is 5.65 Å². The Hall–Kier alpha value is -3.48. The zero-order valence-electron chi connectivity index (χ0n) is 15.0. The molecule has 0 atom stereocenters. The second-order valence-corrected chi connectivity index (χ2v) is 6.28. The lowest BCUT2D eigenvalue weighted by Crippen LogP contribution is -2.24. The van der Waals surface area contributed by atoms with E-state index >= 15 is 0 Å². The quantitative estimate of drug-likeness (QED) is 0.573. The first-order valence-electron chi connectivity index (χ1n) is 8.86. The minimum absolute atomic E-state index is 0.175. The molecular formula is C20H20N6O. The fourth-order valence-corrected chi connectivity index (χ4v) is 3.02. The summed E-state index contributed by atoms with van der Waals surface area (Å²) in [5.41, 5.74) is 4.10. The molecule has 0 fully saturated rings. The standard InChI is InChI=1S/C20H20N6O/c1-2-25-13-21-10-17(25)11-23-20(27)16-8-18-19(22-9-16)26(14-24-18)12-15-6-4-3-5-7-15/h3-10,13-14H,2,11-12H2,1H3,(H,23,27). The first-order valence-corrected chi connectivity index (χ1v) is 8.86. The number of imidazole rings is 2. The van der Waals surface area contributed by atoms with E-state index in [1.165, 1.54) is 5.56 Å². The van der Waals surface area contributed by atoms with Crippen molar-refractivity contribution in [3.8, 4) is 0 Å². The van der Waals surface area contributed by atoms with E-state index in [4.69, 9.17) is 0 Å². The summed E-state index contributed by atoms with van der Waals surface area (Å²) in [7, 11) is 0. The molecule has 27 heavy (non-hydrogen) atoms. The van der Waals surface area contributed by atoms with Gasteiger partial charge in [-0.2, -0.15) is 0 Å². The van der Waals surface area contributed by atoms with Gasteiger partial charge < -0.3 is 14.5 Å². The van der Waals surface area contributed by atoms with Crippen LogP contribution < -0.4 is 5.32 Å². The van der Waals surface area contributed by atoms with Gasteiger partial charge in [0.05, 0.1) is 37.0 Å². The molecular weight excluding hydrogens is 340 g/mol. The Bertz CT molecular complexity index is 1070. The molecule has 0 spiro atoms. The second-order valence-electron chi connectivity index (χ2n) is 6.28. The topological polar surface area (TPSA) is 77.6 Å². The monoisotopic (exact) mass is 360 g/mol. The van der Waals surface area contributed by atoms with Crippen molar-refractivity contribution in [1.29, 1.82) is 0 Å². The van der Waals surface area contributed by atoms with Crippen molar-refractivity contribution in [3.05, 3.63) is 78.3 Å². The Morgan fingerprint density at radius 1 is 1.07 bits per heavy atom. The number of aryl methyl sites for hydroxylation is 1. The van der Waals surface area contributed by atoms with E-state index in [1.807, 2.05) is 34.3 Å². The number of nitrogens with one attached hydrogen (secondary N) is 1. The van der Waals surface area contributed by atoms with Crippen molar-refractivity contribution < 1.29 is 4.79 Å². The zero-order chi connectivity index (χ0) is 18.6. The third-order valence-electron chi connectivity index (χ3n) is 4.48. The highest BCUT2D eigenvalue weighted by molar-refractivity contribution is 5.96. The first kappa shape index (κ1) is 17.0. The minimum Gasteiger partial charge on any atom is -0.346 e. The molecule has 3 aromatic heterocycles. The molecule has 7 heteroatoms. The largest absolute Gasteiger partial charge is 0.346 e. The molecule has 1 amide bonds. The van der Waals surface area contributed by atoms with E-state index in [-0.39, 0.29) is 5.91 Å². The number of hydrogen-bond donors (Lipinski definition) is 1. The maximum absolute atomic E-state index is 12.5. The van der Waals surface area contributed by atoms with Crippen LogP contribution in [0.2, 0.25) is 0 Å². The molecule has 1 N–H and O–H groups in total. The fraction of sp³-hybridized carbons (Fsp3) is 0.200. The summed E-state index contributed by atoms with van der Waals surface area (Å²) < 4.78 is 3.97. The van der Waals surface area contributed by atoms with Gasteiger partial charge in [0.1, 0.15) is 5.52 Å². The third-order valence-corrected chi connectivity index (χ3v) is 4.48. The number of aromatic nitrogens is 5.